The fourth-order valence-electron chi connectivity index (χ4n) is 4.72. The van der Waals surface area contributed by atoms with E-state index in [0.29, 0.717) is 12.5 Å². The van der Waals surface area contributed by atoms with Crippen LogP contribution in [0, 0.1) is 0 Å². The van der Waals surface area contributed by atoms with Crippen molar-refractivity contribution < 1.29 is 9.53 Å². The molecule has 0 saturated heterocycles. The van der Waals surface area contributed by atoms with Crippen molar-refractivity contribution >= 4 is 29.4 Å². The van der Waals surface area contributed by atoms with Gasteiger partial charge in [0, 0.05) is 12.2 Å². The van der Waals surface area contributed by atoms with Gasteiger partial charge in [0.05, 0.1) is 5.69 Å². The van der Waals surface area contributed by atoms with E-state index in [9.17, 15) is 4.79 Å². The summed E-state index contributed by atoms with van der Waals surface area (Å²) in [4.78, 5) is 25.5. The standard InChI is InChI=1S/C22H32N6O2/c1-21(2,3)30-20(29)27-13-7-8-15-14-16(9-10-17(15)27)28-19(24)25-18(23)26-22(28)11-5-4-6-12-22/h9-10,14H,4-8,11-13H2,1-3H3,(H4,23,24,25,26). The second kappa shape index (κ2) is 7.49. The number of benzene rings is 1. The maximum Gasteiger partial charge on any atom is 0.414 e. The SMILES string of the molecule is CC(C)(C)OC(=O)N1CCCc2cc(N3C(N)=NC(N)=NC34CCCCC4)ccc21. The number of nitrogens with zero attached hydrogens (tertiary/aromatic N) is 4. The molecule has 0 aromatic heterocycles. The third kappa shape index (κ3) is 3.82. The van der Waals surface area contributed by atoms with Gasteiger partial charge in [-0.05, 0) is 83.1 Å². The van der Waals surface area contributed by atoms with Gasteiger partial charge in [-0.15, -0.1) is 0 Å². The molecule has 2 aliphatic heterocycles. The van der Waals surface area contributed by atoms with Crippen molar-refractivity contribution in [3.63, 3.8) is 0 Å². The van der Waals surface area contributed by atoms with Crippen LogP contribution in [0.4, 0.5) is 16.2 Å². The molecular formula is C22H32N6O2. The van der Waals surface area contributed by atoms with Gasteiger partial charge < -0.3 is 16.2 Å². The maximum absolute atomic E-state index is 12.7. The van der Waals surface area contributed by atoms with Gasteiger partial charge in [-0.25, -0.2) is 9.79 Å². The third-order valence-electron chi connectivity index (χ3n) is 5.91. The van der Waals surface area contributed by atoms with Gasteiger partial charge >= 0.3 is 6.09 Å². The molecule has 1 spiro atoms. The van der Waals surface area contributed by atoms with Crippen LogP contribution in [0.2, 0.25) is 0 Å². The Morgan fingerprint density at radius 2 is 1.87 bits per heavy atom. The molecule has 3 aliphatic rings. The van der Waals surface area contributed by atoms with Crippen LogP contribution in [0.5, 0.6) is 0 Å². The number of nitrogens with two attached hydrogens (primary N) is 2. The van der Waals surface area contributed by atoms with E-state index in [0.717, 1.165) is 55.5 Å². The Morgan fingerprint density at radius 1 is 1.13 bits per heavy atom. The van der Waals surface area contributed by atoms with Gasteiger partial charge in [-0.1, -0.05) is 6.42 Å². The Bertz CT molecular complexity index is 895. The zero-order chi connectivity index (χ0) is 21.5. The normalized spacial score (nSPS) is 21.0. The Hall–Kier alpha value is -2.77. The van der Waals surface area contributed by atoms with Crippen LogP contribution in [0.25, 0.3) is 0 Å². The van der Waals surface area contributed by atoms with Gasteiger partial charge in [0.2, 0.25) is 11.9 Å². The summed E-state index contributed by atoms with van der Waals surface area (Å²) in [6.45, 7) is 6.30. The summed E-state index contributed by atoms with van der Waals surface area (Å²) >= 11 is 0. The van der Waals surface area contributed by atoms with Crippen LogP contribution in [0.15, 0.2) is 28.2 Å². The maximum atomic E-state index is 12.7. The molecule has 1 saturated carbocycles. The zero-order valence-corrected chi connectivity index (χ0v) is 18.1. The first-order chi connectivity index (χ1) is 14.2. The van der Waals surface area contributed by atoms with E-state index in [1.165, 1.54) is 6.42 Å². The van der Waals surface area contributed by atoms with Crippen molar-refractivity contribution in [2.75, 3.05) is 16.3 Å². The Balaban J connectivity index is 1.68. The number of anilines is 2. The highest BCUT2D eigenvalue weighted by Gasteiger charge is 2.43. The number of ether oxygens (including phenoxy) is 1. The molecule has 162 valence electrons. The number of hydrogen-bond donors (Lipinski definition) is 2. The predicted molar refractivity (Wildman–Crippen MR) is 120 cm³/mol. The van der Waals surface area contributed by atoms with Crippen molar-refractivity contribution in [3.8, 4) is 0 Å². The van der Waals surface area contributed by atoms with Crippen molar-refractivity contribution in [2.45, 2.75) is 77.0 Å². The summed E-state index contributed by atoms with van der Waals surface area (Å²) < 4.78 is 5.61. The molecule has 0 atom stereocenters. The fraction of sp³-hybridized carbons (Fsp3) is 0.591. The Morgan fingerprint density at radius 3 is 2.57 bits per heavy atom. The summed E-state index contributed by atoms with van der Waals surface area (Å²) in [6.07, 6.45) is 6.61. The average molecular weight is 413 g/mol. The average Bonchev–Trinajstić information content (AvgIpc) is 2.66. The van der Waals surface area contributed by atoms with Crippen molar-refractivity contribution in [1.82, 2.24) is 0 Å². The molecule has 30 heavy (non-hydrogen) atoms. The highest BCUT2D eigenvalue weighted by Crippen LogP contribution is 2.41. The molecular weight excluding hydrogens is 380 g/mol. The second-order valence-electron chi connectivity index (χ2n) is 9.37. The number of aliphatic imine (C=N–C) groups is 2. The molecule has 8 heteroatoms. The van der Waals surface area contributed by atoms with Gasteiger partial charge in [0.1, 0.15) is 11.3 Å². The first kappa shape index (κ1) is 20.5. The van der Waals surface area contributed by atoms with Crippen molar-refractivity contribution in [3.05, 3.63) is 23.8 Å². The monoisotopic (exact) mass is 412 g/mol. The van der Waals surface area contributed by atoms with Crippen molar-refractivity contribution in [1.29, 1.82) is 0 Å². The van der Waals surface area contributed by atoms with Gasteiger partial charge in [0.15, 0.2) is 0 Å². The molecule has 1 fully saturated rings. The molecule has 0 unspecified atom stereocenters. The molecule has 1 aromatic carbocycles. The molecule has 1 aromatic rings. The smallest absolute Gasteiger partial charge is 0.414 e. The summed E-state index contributed by atoms with van der Waals surface area (Å²) in [7, 11) is 0. The summed E-state index contributed by atoms with van der Waals surface area (Å²) in [5, 5.41) is 0. The lowest BCUT2D eigenvalue weighted by Gasteiger charge is -2.46. The number of carbonyl (C=O) groups excluding carboxylic acids is 1. The fourth-order valence-corrected chi connectivity index (χ4v) is 4.72. The molecule has 1 amide bonds. The van der Waals surface area contributed by atoms with Crippen LogP contribution in [-0.2, 0) is 11.2 Å². The second-order valence-corrected chi connectivity index (χ2v) is 9.37. The first-order valence-electron chi connectivity index (χ1n) is 10.8. The Labute approximate surface area is 178 Å². The minimum Gasteiger partial charge on any atom is -0.443 e. The first-order valence-corrected chi connectivity index (χ1v) is 10.8. The van der Waals surface area contributed by atoms with E-state index in [1.54, 1.807) is 4.90 Å². The summed E-state index contributed by atoms with van der Waals surface area (Å²) in [6, 6.07) is 6.10. The lowest BCUT2D eigenvalue weighted by molar-refractivity contribution is 0.0578. The minimum atomic E-state index is -0.529. The topological polar surface area (TPSA) is 110 Å². The molecule has 1 aliphatic carbocycles. The summed E-state index contributed by atoms with van der Waals surface area (Å²) in [5.74, 6) is 0.629. The number of fused-ring (bicyclic) bond motifs is 1. The van der Waals surface area contributed by atoms with Crippen LogP contribution in [-0.4, -0.2) is 35.8 Å². The third-order valence-corrected chi connectivity index (χ3v) is 5.91. The van der Waals surface area contributed by atoms with Crippen molar-refractivity contribution in [2.24, 2.45) is 21.5 Å². The predicted octanol–water partition coefficient (Wildman–Crippen LogP) is 3.48. The summed E-state index contributed by atoms with van der Waals surface area (Å²) in [5.41, 5.74) is 14.3. The number of guanidine groups is 2. The molecule has 4 rings (SSSR count). The highest BCUT2D eigenvalue weighted by atomic mass is 16.6. The molecule has 2 heterocycles. The van der Waals surface area contributed by atoms with E-state index >= 15 is 0 Å². The molecule has 8 nitrogen and oxygen atoms in total. The highest BCUT2D eigenvalue weighted by molar-refractivity contribution is 6.06. The molecule has 0 bridgehead atoms. The van der Waals surface area contributed by atoms with E-state index in [1.807, 2.05) is 37.8 Å². The number of amides is 1. The molecule has 4 N–H and O–H groups in total. The number of rotatable bonds is 1. The zero-order valence-electron chi connectivity index (χ0n) is 18.1. The van der Waals surface area contributed by atoms with E-state index in [4.69, 9.17) is 21.2 Å². The van der Waals surface area contributed by atoms with E-state index in [-0.39, 0.29) is 12.1 Å². The molecule has 0 radical (unpaired) electrons. The van der Waals surface area contributed by atoms with E-state index < -0.39 is 11.3 Å². The minimum absolute atomic E-state index is 0.250. The lowest BCUT2D eigenvalue weighted by atomic mass is 9.87. The van der Waals surface area contributed by atoms with Crippen LogP contribution in [0.1, 0.15) is 64.9 Å². The van der Waals surface area contributed by atoms with Gasteiger partial charge in [-0.3, -0.25) is 9.80 Å². The van der Waals surface area contributed by atoms with Gasteiger partial charge in [-0.2, -0.15) is 4.99 Å². The number of aryl methyl sites for hydroxylation is 1. The Kier molecular flexibility index (Phi) is 5.11. The lowest BCUT2D eigenvalue weighted by Crippen LogP contribution is -2.58. The largest absolute Gasteiger partial charge is 0.443 e. The van der Waals surface area contributed by atoms with Crippen LogP contribution >= 0.6 is 0 Å². The quantitative estimate of drug-likeness (QED) is 0.734. The number of carbonyl (C=O) groups is 1. The van der Waals surface area contributed by atoms with Crippen LogP contribution < -0.4 is 21.3 Å². The van der Waals surface area contributed by atoms with E-state index in [2.05, 4.69) is 11.1 Å². The van der Waals surface area contributed by atoms with Crippen LogP contribution in [0.3, 0.4) is 0 Å². The van der Waals surface area contributed by atoms with Gasteiger partial charge in [0.25, 0.3) is 0 Å². The number of hydrogen-bond acceptors (Lipinski definition) is 7.